The van der Waals surface area contributed by atoms with Gasteiger partial charge in [-0.2, -0.15) is 0 Å². The molecule has 2 aromatic heterocycles. The predicted octanol–water partition coefficient (Wildman–Crippen LogP) is 3.73. The van der Waals surface area contributed by atoms with Gasteiger partial charge in [0.25, 0.3) is 5.91 Å². The van der Waals surface area contributed by atoms with E-state index in [-0.39, 0.29) is 11.7 Å². The minimum atomic E-state index is -0.214. The molecule has 3 heterocycles. The lowest BCUT2D eigenvalue weighted by atomic mass is 10.1. The van der Waals surface area contributed by atoms with E-state index >= 15 is 0 Å². The van der Waals surface area contributed by atoms with Crippen LogP contribution in [0.4, 0.5) is 0 Å². The molecule has 5 nitrogen and oxygen atoms in total. The van der Waals surface area contributed by atoms with E-state index in [2.05, 4.69) is 5.32 Å². The summed E-state index contributed by atoms with van der Waals surface area (Å²) in [6.45, 7) is 0.832. The van der Waals surface area contributed by atoms with E-state index in [4.69, 9.17) is 16.3 Å². The van der Waals surface area contributed by atoms with Gasteiger partial charge in [-0.25, -0.2) is 0 Å². The van der Waals surface area contributed by atoms with Gasteiger partial charge in [-0.05, 0) is 23.8 Å². The molecule has 7 heteroatoms. The molecule has 0 spiro atoms. The van der Waals surface area contributed by atoms with Crippen LogP contribution in [-0.2, 0) is 6.54 Å². The van der Waals surface area contributed by atoms with Gasteiger partial charge in [0.1, 0.15) is 11.4 Å². The van der Waals surface area contributed by atoms with E-state index in [9.17, 15) is 9.59 Å². The first-order valence-electron chi connectivity index (χ1n) is 7.84. The van der Waals surface area contributed by atoms with E-state index in [0.717, 1.165) is 21.5 Å². The molecular weight excluding hydrogens is 360 g/mol. The first-order chi connectivity index (χ1) is 12.1. The number of hydrogen-bond acceptors (Lipinski definition) is 4. The van der Waals surface area contributed by atoms with Gasteiger partial charge in [0.2, 0.25) is 0 Å². The number of hydrogen-bond donors (Lipinski definition) is 1. The molecule has 3 aromatic rings. The van der Waals surface area contributed by atoms with Gasteiger partial charge in [-0.15, -0.1) is 11.3 Å². The van der Waals surface area contributed by atoms with Crippen LogP contribution in [-0.4, -0.2) is 29.9 Å². The number of ketones is 1. The number of nitrogens with one attached hydrogen (secondary N) is 1. The Hall–Kier alpha value is -2.31. The number of methoxy groups -OCH3 is 1. The Morgan fingerprint density at radius 3 is 2.76 bits per heavy atom. The van der Waals surface area contributed by atoms with Gasteiger partial charge in [0.15, 0.2) is 5.78 Å². The van der Waals surface area contributed by atoms with Gasteiger partial charge in [-0.1, -0.05) is 23.7 Å². The molecule has 1 aliphatic rings. The number of fused-ring (bicyclic) bond motifs is 3. The maximum Gasteiger partial charge on any atom is 0.268 e. The summed E-state index contributed by atoms with van der Waals surface area (Å²) in [4.78, 5) is 25.1. The summed E-state index contributed by atoms with van der Waals surface area (Å²) in [7, 11) is 1.62. The molecule has 1 N–H and O–H groups in total. The number of halogens is 1. The number of benzene rings is 1. The third-order valence-electron chi connectivity index (χ3n) is 4.34. The van der Waals surface area contributed by atoms with Crippen molar-refractivity contribution in [3.8, 4) is 5.75 Å². The van der Waals surface area contributed by atoms with E-state index in [1.807, 2.05) is 34.9 Å². The smallest absolute Gasteiger partial charge is 0.268 e. The Balaban J connectivity index is 1.89. The van der Waals surface area contributed by atoms with E-state index < -0.39 is 0 Å². The van der Waals surface area contributed by atoms with Gasteiger partial charge in [0.05, 0.1) is 27.2 Å². The van der Waals surface area contributed by atoms with E-state index in [0.29, 0.717) is 35.1 Å². The summed E-state index contributed by atoms with van der Waals surface area (Å²) < 4.78 is 8.46. The zero-order chi connectivity index (χ0) is 17.6. The van der Waals surface area contributed by atoms with Crippen LogP contribution in [0.1, 0.15) is 32.8 Å². The number of aromatic nitrogens is 1. The van der Waals surface area contributed by atoms with Crippen molar-refractivity contribution in [1.82, 2.24) is 9.88 Å². The number of ether oxygens (including phenoxy) is 1. The average Bonchev–Trinajstić information content (AvgIpc) is 3.06. The fourth-order valence-electron chi connectivity index (χ4n) is 3.17. The van der Waals surface area contributed by atoms with Crippen LogP contribution in [0.15, 0.2) is 30.3 Å². The summed E-state index contributed by atoms with van der Waals surface area (Å²) >= 11 is 7.53. The molecule has 1 aliphatic heterocycles. The number of Topliss-reactive ketones (excluding diaryl/α,β-unsaturated/α-hetero) is 1. The Bertz CT molecular complexity index is 988. The number of carbonyl (C=O) groups excluding carboxylic acids is 2. The molecular formula is C18H15ClN2O3S. The number of carbonyl (C=O) groups is 2. The topological polar surface area (TPSA) is 60.3 Å². The Morgan fingerprint density at radius 2 is 2.04 bits per heavy atom. The quantitative estimate of drug-likeness (QED) is 0.759. The molecule has 0 atom stereocenters. The van der Waals surface area contributed by atoms with Gasteiger partial charge in [0, 0.05) is 19.5 Å². The lowest BCUT2D eigenvalue weighted by Crippen LogP contribution is -2.25. The molecule has 25 heavy (non-hydrogen) atoms. The second-order valence-electron chi connectivity index (χ2n) is 5.85. The molecule has 1 aromatic carbocycles. The fraction of sp³-hybridized carbons (Fsp3) is 0.222. The lowest BCUT2D eigenvalue weighted by molar-refractivity contribution is 0.0948. The van der Waals surface area contributed by atoms with Crippen LogP contribution < -0.4 is 10.1 Å². The van der Waals surface area contributed by atoms with Crippen molar-refractivity contribution in [2.24, 2.45) is 0 Å². The summed E-state index contributed by atoms with van der Waals surface area (Å²) in [6.07, 6.45) is 0.301. The minimum absolute atomic E-state index is 0.0228. The SMILES string of the molecule is COc1ccc(Cn2c3c(c4sc(Cl)cc42)C(=O)CCNC3=O)cc1. The van der Waals surface area contributed by atoms with Gasteiger partial charge < -0.3 is 14.6 Å². The van der Waals surface area contributed by atoms with Gasteiger partial charge in [-0.3, -0.25) is 9.59 Å². The Morgan fingerprint density at radius 1 is 1.28 bits per heavy atom. The first-order valence-corrected chi connectivity index (χ1v) is 9.04. The predicted molar refractivity (Wildman–Crippen MR) is 98.2 cm³/mol. The molecule has 0 unspecified atom stereocenters. The van der Waals surface area contributed by atoms with Gasteiger partial charge >= 0.3 is 0 Å². The highest BCUT2D eigenvalue weighted by Crippen LogP contribution is 2.38. The van der Waals surface area contributed by atoms with Crippen molar-refractivity contribution in [1.29, 1.82) is 0 Å². The summed E-state index contributed by atoms with van der Waals surface area (Å²) in [5.41, 5.74) is 2.75. The fourth-order valence-corrected chi connectivity index (χ4v) is 4.45. The third kappa shape index (κ3) is 2.71. The third-order valence-corrected chi connectivity index (χ3v) is 5.61. The highest BCUT2D eigenvalue weighted by Gasteiger charge is 2.30. The standard InChI is InChI=1S/C18H15ClN2O3S/c1-24-11-4-2-10(3-5-11)9-21-12-8-14(19)25-17(12)15-13(22)6-7-20-18(23)16(15)21/h2-5,8H,6-7,9H2,1H3,(H,20,23). The maximum atomic E-state index is 12.6. The van der Waals surface area contributed by atoms with Crippen molar-refractivity contribution < 1.29 is 14.3 Å². The number of nitrogens with zero attached hydrogens (tertiary/aromatic N) is 1. The van der Waals surface area contributed by atoms with Crippen molar-refractivity contribution in [3.63, 3.8) is 0 Å². The second kappa shape index (κ2) is 6.20. The highest BCUT2D eigenvalue weighted by molar-refractivity contribution is 7.23. The van der Waals surface area contributed by atoms with Crippen molar-refractivity contribution >= 4 is 44.8 Å². The largest absolute Gasteiger partial charge is 0.497 e. The summed E-state index contributed by atoms with van der Waals surface area (Å²) in [5, 5.41) is 2.81. The maximum absolute atomic E-state index is 12.6. The Kier molecular flexibility index (Phi) is 4.01. The molecule has 0 bridgehead atoms. The Labute approximate surface area is 153 Å². The van der Waals surface area contributed by atoms with Crippen LogP contribution >= 0.6 is 22.9 Å². The first kappa shape index (κ1) is 16.2. The van der Waals surface area contributed by atoms with E-state index in [1.165, 1.54) is 11.3 Å². The summed E-state index contributed by atoms with van der Waals surface area (Å²) in [5.74, 6) is 0.533. The van der Waals surface area contributed by atoms with Crippen LogP contribution in [0, 0.1) is 0 Å². The summed E-state index contributed by atoms with van der Waals surface area (Å²) in [6, 6.07) is 9.46. The molecule has 1 amide bonds. The number of rotatable bonds is 3. The monoisotopic (exact) mass is 374 g/mol. The lowest BCUT2D eigenvalue weighted by Gasteiger charge is -2.11. The van der Waals surface area contributed by atoms with Crippen molar-refractivity contribution in [2.75, 3.05) is 13.7 Å². The second-order valence-corrected chi connectivity index (χ2v) is 7.54. The molecule has 0 aliphatic carbocycles. The van der Waals surface area contributed by atoms with Crippen LogP contribution in [0.5, 0.6) is 5.75 Å². The zero-order valence-electron chi connectivity index (χ0n) is 13.5. The zero-order valence-corrected chi connectivity index (χ0v) is 15.0. The molecule has 0 saturated carbocycles. The van der Waals surface area contributed by atoms with Crippen LogP contribution in [0.2, 0.25) is 4.34 Å². The number of thiophene rings is 1. The number of amides is 1. The molecule has 0 fully saturated rings. The molecule has 128 valence electrons. The van der Waals surface area contributed by atoms with Crippen LogP contribution in [0.3, 0.4) is 0 Å². The van der Waals surface area contributed by atoms with E-state index in [1.54, 1.807) is 7.11 Å². The minimum Gasteiger partial charge on any atom is -0.497 e. The molecule has 0 saturated heterocycles. The molecule has 0 radical (unpaired) electrons. The highest BCUT2D eigenvalue weighted by atomic mass is 35.5. The normalized spacial score (nSPS) is 14.3. The van der Waals surface area contributed by atoms with Crippen molar-refractivity contribution in [2.45, 2.75) is 13.0 Å². The van der Waals surface area contributed by atoms with Crippen LogP contribution in [0.25, 0.3) is 10.2 Å². The van der Waals surface area contributed by atoms with Crippen molar-refractivity contribution in [3.05, 3.63) is 51.5 Å². The molecule has 4 rings (SSSR count). The average molecular weight is 375 g/mol.